The van der Waals surface area contributed by atoms with Crippen LogP contribution in [-0.2, 0) is 4.79 Å². The van der Waals surface area contributed by atoms with Crippen molar-refractivity contribution in [1.82, 2.24) is 5.32 Å². The number of amides is 1. The van der Waals surface area contributed by atoms with Crippen LogP contribution in [0, 0.1) is 5.92 Å². The minimum absolute atomic E-state index is 0.0580. The second-order valence-electron chi connectivity index (χ2n) is 4.50. The number of hydrogen-bond donors (Lipinski definition) is 2. The molecule has 1 amide bonds. The van der Waals surface area contributed by atoms with Gasteiger partial charge in [0.15, 0.2) is 0 Å². The lowest BCUT2D eigenvalue weighted by molar-refractivity contribution is -0.121. The van der Waals surface area contributed by atoms with Gasteiger partial charge in [-0.15, -0.1) is 0 Å². The highest BCUT2D eigenvalue weighted by Gasteiger charge is 2.18. The van der Waals surface area contributed by atoms with E-state index in [2.05, 4.69) is 12.2 Å². The maximum Gasteiger partial charge on any atom is 0.220 e. The number of rotatable bonds is 8. The van der Waals surface area contributed by atoms with E-state index in [1.54, 1.807) is 0 Å². The summed E-state index contributed by atoms with van der Waals surface area (Å²) in [6, 6.07) is -0.173. The number of thiocarbonyl (C=S) groups is 1. The predicted molar refractivity (Wildman–Crippen MR) is 72.3 cm³/mol. The Balaban J connectivity index is 3.87. The fourth-order valence-corrected chi connectivity index (χ4v) is 1.86. The fraction of sp³-hybridized carbons (Fsp3) is 0.833. The van der Waals surface area contributed by atoms with Crippen molar-refractivity contribution in [2.75, 3.05) is 0 Å². The number of unbranched alkanes of at least 4 members (excludes halogenated alkanes) is 3. The van der Waals surface area contributed by atoms with Gasteiger partial charge in [-0.1, -0.05) is 52.3 Å². The van der Waals surface area contributed by atoms with Crippen LogP contribution in [0.2, 0.25) is 0 Å². The first-order valence-corrected chi connectivity index (χ1v) is 6.48. The smallest absolute Gasteiger partial charge is 0.220 e. The van der Waals surface area contributed by atoms with Crippen LogP contribution in [-0.4, -0.2) is 16.9 Å². The Morgan fingerprint density at radius 2 is 1.94 bits per heavy atom. The molecule has 0 aromatic heterocycles. The zero-order valence-electron chi connectivity index (χ0n) is 10.6. The lowest BCUT2D eigenvalue weighted by Gasteiger charge is -2.20. The first-order chi connectivity index (χ1) is 7.49. The van der Waals surface area contributed by atoms with Crippen molar-refractivity contribution in [1.29, 1.82) is 0 Å². The Bertz CT molecular complexity index is 229. The molecular weight excluding hydrogens is 220 g/mol. The van der Waals surface area contributed by atoms with Gasteiger partial charge in [0.05, 0.1) is 11.0 Å². The number of carbonyl (C=O) groups excluding carboxylic acids is 1. The average Bonchev–Trinajstić information content (AvgIpc) is 2.20. The van der Waals surface area contributed by atoms with Crippen molar-refractivity contribution in [2.24, 2.45) is 11.7 Å². The van der Waals surface area contributed by atoms with Gasteiger partial charge >= 0.3 is 0 Å². The van der Waals surface area contributed by atoms with E-state index < -0.39 is 0 Å². The number of carbonyl (C=O) groups is 1. The molecule has 0 fully saturated rings. The summed E-state index contributed by atoms with van der Waals surface area (Å²) in [6.07, 6.45) is 5.01. The van der Waals surface area contributed by atoms with Crippen LogP contribution >= 0.6 is 12.2 Å². The van der Waals surface area contributed by atoms with Crippen molar-refractivity contribution in [2.45, 2.75) is 58.9 Å². The van der Waals surface area contributed by atoms with Crippen LogP contribution in [0.1, 0.15) is 52.9 Å². The quantitative estimate of drug-likeness (QED) is 0.509. The fourth-order valence-electron chi connectivity index (χ4n) is 1.52. The number of nitrogens with two attached hydrogens (primary N) is 1. The third kappa shape index (κ3) is 6.77. The van der Waals surface area contributed by atoms with Crippen LogP contribution < -0.4 is 11.1 Å². The molecule has 3 N–H and O–H groups in total. The topological polar surface area (TPSA) is 55.1 Å². The summed E-state index contributed by atoms with van der Waals surface area (Å²) in [5.74, 6) is 0.305. The Morgan fingerprint density at radius 1 is 1.31 bits per heavy atom. The first kappa shape index (κ1) is 15.4. The molecule has 0 saturated carbocycles. The molecule has 16 heavy (non-hydrogen) atoms. The van der Waals surface area contributed by atoms with Gasteiger partial charge in [0.25, 0.3) is 0 Å². The number of hydrogen-bond acceptors (Lipinski definition) is 2. The molecule has 0 saturated heterocycles. The molecule has 0 aliphatic carbocycles. The van der Waals surface area contributed by atoms with Crippen LogP contribution in [0.4, 0.5) is 0 Å². The van der Waals surface area contributed by atoms with E-state index in [0.29, 0.717) is 11.4 Å². The monoisotopic (exact) mass is 244 g/mol. The number of nitrogens with one attached hydrogen (secondary N) is 1. The third-order valence-corrected chi connectivity index (χ3v) is 2.80. The normalized spacial score (nSPS) is 12.5. The zero-order chi connectivity index (χ0) is 12.6. The minimum atomic E-state index is -0.173. The summed E-state index contributed by atoms with van der Waals surface area (Å²) >= 11 is 4.93. The van der Waals surface area contributed by atoms with Crippen molar-refractivity contribution in [3.63, 3.8) is 0 Å². The van der Waals surface area contributed by atoms with Crippen LogP contribution in [0.3, 0.4) is 0 Å². The summed E-state index contributed by atoms with van der Waals surface area (Å²) in [7, 11) is 0. The Labute approximate surface area is 104 Å². The summed E-state index contributed by atoms with van der Waals surface area (Å²) in [6.45, 7) is 6.16. The van der Waals surface area contributed by atoms with Crippen LogP contribution in [0.15, 0.2) is 0 Å². The van der Waals surface area contributed by atoms with E-state index in [9.17, 15) is 4.79 Å². The Hall–Kier alpha value is -0.640. The van der Waals surface area contributed by atoms with Crippen molar-refractivity contribution in [3.05, 3.63) is 0 Å². The molecule has 0 radical (unpaired) electrons. The largest absolute Gasteiger partial charge is 0.392 e. The molecule has 0 heterocycles. The van der Waals surface area contributed by atoms with Crippen LogP contribution in [0.25, 0.3) is 0 Å². The molecule has 4 heteroatoms. The van der Waals surface area contributed by atoms with Gasteiger partial charge in [0.1, 0.15) is 0 Å². The molecule has 1 unspecified atom stereocenters. The maximum atomic E-state index is 11.6. The van der Waals surface area contributed by atoms with E-state index >= 15 is 0 Å². The molecule has 0 aliphatic rings. The molecule has 0 rings (SSSR count). The van der Waals surface area contributed by atoms with Gasteiger partial charge in [-0.3, -0.25) is 4.79 Å². The molecule has 3 nitrogen and oxygen atoms in total. The molecule has 1 atom stereocenters. The first-order valence-electron chi connectivity index (χ1n) is 6.07. The summed E-state index contributed by atoms with van der Waals surface area (Å²) in [5.41, 5.74) is 5.58. The molecule has 94 valence electrons. The van der Waals surface area contributed by atoms with E-state index in [0.717, 1.165) is 12.8 Å². The van der Waals surface area contributed by atoms with Gasteiger partial charge < -0.3 is 11.1 Å². The van der Waals surface area contributed by atoms with Crippen molar-refractivity contribution in [3.8, 4) is 0 Å². The van der Waals surface area contributed by atoms with Crippen molar-refractivity contribution < 1.29 is 4.79 Å². The predicted octanol–water partition coefficient (Wildman–Crippen LogP) is 2.38. The van der Waals surface area contributed by atoms with E-state index in [1.165, 1.54) is 12.8 Å². The van der Waals surface area contributed by atoms with Crippen LogP contribution in [0.5, 0.6) is 0 Å². The van der Waals surface area contributed by atoms with Gasteiger partial charge in [-0.25, -0.2) is 0 Å². The third-order valence-electron chi connectivity index (χ3n) is 2.55. The molecule has 0 aromatic rings. The minimum Gasteiger partial charge on any atom is -0.392 e. The molecule has 0 aliphatic heterocycles. The highest BCUT2D eigenvalue weighted by atomic mass is 32.1. The lowest BCUT2D eigenvalue weighted by atomic mass is 10.0. The van der Waals surface area contributed by atoms with Gasteiger partial charge in [0.2, 0.25) is 5.91 Å². The molecule has 0 aromatic carbocycles. The molecule has 0 spiro atoms. The SMILES string of the molecule is CCCCCCC(=O)NC(C(N)=S)C(C)C. The average molecular weight is 244 g/mol. The Kier molecular flexibility index (Phi) is 8.16. The molecular formula is C12H24N2OS. The highest BCUT2D eigenvalue weighted by molar-refractivity contribution is 7.80. The maximum absolute atomic E-state index is 11.6. The van der Waals surface area contributed by atoms with E-state index in [4.69, 9.17) is 18.0 Å². The second kappa shape index (κ2) is 8.50. The summed E-state index contributed by atoms with van der Waals surface area (Å²) in [5, 5.41) is 2.89. The zero-order valence-corrected chi connectivity index (χ0v) is 11.4. The summed E-state index contributed by atoms with van der Waals surface area (Å²) in [4.78, 5) is 12.0. The molecule has 0 bridgehead atoms. The van der Waals surface area contributed by atoms with Gasteiger partial charge in [-0.2, -0.15) is 0 Å². The highest BCUT2D eigenvalue weighted by Crippen LogP contribution is 2.05. The van der Waals surface area contributed by atoms with E-state index in [-0.39, 0.29) is 17.9 Å². The van der Waals surface area contributed by atoms with Gasteiger partial charge in [0, 0.05) is 6.42 Å². The Morgan fingerprint density at radius 3 is 2.38 bits per heavy atom. The van der Waals surface area contributed by atoms with Crippen molar-refractivity contribution >= 4 is 23.1 Å². The second-order valence-corrected chi connectivity index (χ2v) is 4.97. The standard InChI is InChI=1S/C12H24N2OS/c1-4-5-6-7-8-10(15)14-11(9(2)3)12(13)16/h9,11H,4-8H2,1-3H3,(H2,13,16)(H,14,15). The van der Waals surface area contributed by atoms with Gasteiger partial charge in [-0.05, 0) is 12.3 Å². The summed E-state index contributed by atoms with van der Waals surface area (Å²) < 4.78 is 0. The lowest BCUT2D eigenvalue weighted by Crippen LogP contribution is -2.46. The van der Waals surface area contributed by atoms with E-state index in [1.807, 2.05) is 13.8 Å².